The van der Waals surface area contributed by atoms with E-state index in [-0.39, 0.29) is 18.9 Å². The van der Waals surface area contributed by atoms with Gasteiger partial charge in [-0.15, -0.1) is 0 Å². The van der Waals surface area contributed by atoms with Crippen LogP contribution in [0.2, 0.25) is 0 Å². The van der Waals surface area contributed by atoms with Crippen LogP contribution in [0.4, 0.5) is 0 Å². The van der Waals surface area contributed by atoms with Crippen molar-refractivity contribution in [3.63, 3.8) is 0 Å². The smallest absolute Gasteiger partial charge is 0.322 e. The Morgan fingerprint density at radius 2 is 1.00 bits per heavy atom. The van der Waals surface area contributed by atoms with Crippen LogP contribution >= 0.6 is 0 Å². The topological polar surface area (TPSA) is 0 Å². The van der Waals surface area contributed by atoms with Crippen molar-refractivity contribution < 1.29 is 18.9 Å². The van der Waals surface area contributed by atoms with Crippen molar-refractivity contribution >= 4 is 0 Å². The molecule has 0 nitrogen and oxygen atoms in total. The minimum Gasteiger partial charge on any atom is -0.322 e. The van der Waals surface area contributed by atoms with Gasteiger partial charge in [0, 0.05) is 0 Å². The second-order valence-corrected chi connectivity index (χ2v) is 3.35. The zero-order valence-electron chi connectivity index (χ0n) is 9.56. The molecule has 0 aromatic rings. The molecule has 0 aromatic carbocycles. The van der Waals surface area contributed by atoms with Crippen molar-refractivity contribution in [1.29, 1.82) is 0 Å². The van der Waals surface area contributed by atoms with Gasteiger partial charge in [0.25, 0.3) is 0 Å². The van der Waals surface area contributed by atoms with E-state index in [1.54, 1.807) is 0 Å². The third-order valence-electron chi connectivity index (χ3n) is 2.64. The molecule has 0 aliphatic heterocycles. The number of hydrogen-bond acceptors (Lipinski definition) is 0. The van der Waals surface area contributed by atoms with Gasteiger partial charge in [0.2, 0.25) is 0 Å². The molecule has 0 bridgehead atoms. The molecule has 0 aliphatic rings. The molecule has 0 saturated carbocycles. The van der Waals surface area contributed by atoms with Gasteiger partial charge in [0.15, 0.2) is 0 Å². The van der Waals surface area contributed by atoms with Gasteiger partial charge in [-0.05, 0) is 0 Å². The van der Waals surface area contributed by atoms with Crippen LogP contribution in [0, 0.1) is 18.3 Å². The first kappa shape index (κ1) is 15.1. The van der Waals surface area contributed by atoms with Crippen LogP contribution < -0.4 is 18.9 Å². The average Bonchev–Trinajstić information content (AvgIpc) is 2.07. The van der Waals surface area contributed by atoms with Crippen molar-refractivity contribution in [2.75, 3.05) is 0 Å². The molecule has 0 saturated heterocycles. The fourth-order valence-electron chi connectivity index (χ4n) is 1.51. The molecular weight excluding hydrogens is 139 g/mol. The molecule has 0 aliphatic carbocycles. The Bertz CT molecular complexity index is 63.1. The fourth-order valence-corrected chi connectivity index (χ4v) is 1.51. The van der Waals surface area contributed by atoms with E-state index in [0.29, 0.717) is 0 Å². The molecular formula is C11H23Li. The minimum absolute atomic E-state index is 0. The molecule has 12 heavy (non-hydrogen) atoms. The second kappa shape index (κ2) is 9.68. The van der Waals surface area contributed by atoms with E-state index in [1.165, 1.54) is 25.7 Å². The first-order chi connectivity index (χ1) is 5.28. The maximum Gasteiger partial charge on any atom is 1.00 e. The molecule has 68 valence electrons. The van der Waals surface area contributed by atoms with Gasteiger partial charge >= 0.3 is 18.9 Å². The van der Waals surface area contributed by atoms with Gasteiger partial charge in [0.1, 0.15) is 0 Å². The Morgan fingerprint density at radius 3 is 1.17 bits per heavy atom. The maximum atomic E-state index is 2.56. The van der Waals surface area contributed by atoms with Gasteiger partial charge in [-0.25, -0.2) is 0 Å². The van der Waals surface area contributed by atoms with E-state index in [2.05, 4.69) is 34.1 Å². The van der Waals surface area contributed by atoms with Crippen LogP contribution in [0.5, 0.6) is 0 Å². The maximum absolute atomic E-state index is 2.56. The predicted molar refractivity (Wildman–Crippen MR) is 52.4 cm³/mol. The summed E-state index contributed by atoms with van der Waals surface area (Å²) in [5.74, 6) is 1.72. The van der Waals surface area contributed by atoms with E-state index in [9.17, 15) is 0 Å². The van der Waals surface area contributed by atoms with Crippen molar-refractivity contribution in [3.8, 4) is 0 Å². The third kappa shape index (κ3) is 6.15. The zero-order valence-corrected chi connectivity index (χ0v) is 9.56. The van der Waals surface area contributed by atoms with E-state index in [4.69, 9.17) is 0 Å². The first-order valence-electron chi connectivity index (χ1n) is 5.13. The SMILES string of the molecule is CCC([CH-]C(CC)CC)CC.[Li+]. The van der Waals surface area contributed by atoms with Crippen LogP contribution in [-0.2, 0) is 0 Å². The Labute approximate surface area is 90.7 Å². The summed E-state index contributed by atoms with van der Waals surface area (Å²) in [7, 11) is 0. The zero-order chi connectivity index (χ0) is 8.69. The minimum atomic E-state index is 0. The summed E-state index contributed by atoms with van der Waals surface area (Å²) in [5, 5.41) is 0. The van der Waals surface area contributed by atoms with Crippen molar-refractivity contribution in [2.45, 2.75) is 53.4 Å². The summed E-state index contributed by atoms with van der Waals surface area (Å²) in [6.45, 7) is 9.14. The molecule has 0 amide bonds. The molecule has 0 unspecified atom stereocenters. The van der Waals surface area contributed by atoms with Gasteiger partial charge in [-0.2, -0.15) is 11.8 Å². The summed E-state index contributed by atoms with van der Waals surface area (Å²) in [6.07, 6.45) is 7.81. The van der Waals surface area contributed by atoms with Gasteiger partial charge in [-0.3, -0.25) is 0 Å². The first-order valence-corrected chi connectivity index (χ1v) is 5.13. The Balaban J connectivity index is 0. The molecule has 0 spiro atoms. The molecule has 0 heterocycles. The molecule has 1 heteroatoms. The molecule has 0 radical (unpaired) electrons. The van der Waals surface area contributed by atoms with Crippen molar-refractivity contribution in [3.05, 3.63) is 6.42 Å². The molecule has 0 N–H and O–H groups in total. The molecule has 0 atom stereocenters. The van der Waals surface area contributed by atoms with Gasteiger partial charge in [0.05, 0.1) is 0 Å². The van der Waals surface area contributed by atoms with Crippen LogP contribution in [-0.4, -0.2) is 0 Å². The van der Waals surface area contributed by atoms with Gasteiger partial charge < -0.3 is 6.42 Å². The molecule has 0 aromatic heterocycles. The fraction of sp³-hybridized carbons (Fsp3) is 0.909. The Morgan fingerprint density at radius 1 is 0.750 bits per heavy atom. The van der Waals surface area contributed by atoms with Crippen molar-refractivity contribution in [2.24, 2.45) is 11.8 Å². The molecule has 0 rings (SSSR count). The quantitative estimate of drug-likeness (QED) is 0.405. The standard InChI is InChI=1S/C11H23.Li/c1-5-10(6-2)9-11(7-3)8-4;/h9-11H,5-8H2,1-4H3;/q-1;+1. The summed E-state index contributed by atoms with van der Waals surface area (Å²) in [4.78, 5) is 0. The summed E-state index contributed by atoms with van der Waals surface area (Å²) >= 11 is 0. The summed E-state index contributed by atoms with van der Waals surface area (Å²) in [6, 6.07) is 0. The van der Waals surface area contributed by atoms with E-state index in [1.807, 2.05) is 0 Å². The Hall–Kier alpha value is 0.597. The van der Waals surface area contributed by atoms with E-state index < -0.39 is 0 Å². The van der Waals surface area contributed by atoms with Crippen LogP contribution in [0.15, 0.2) is 0 Å². The molecule has 0 fully saturated rings. The number of hydrogen-bond donors (Lipinski definition) is 0. The van der Waals surface area contributed by atoms with Crippen LogP contribution in [0.1, 0.15) is 53.4 Å². The second-order valence-electron chi connectivity index (χ2n) is 3.35. The average molecular weight is 162 g/mol. The van der Waals surface area contributed by atoms with Crippen LogP contribution in [0.25, 0.3) is 0 Å². The predicted octanol–water partition coefficient (Wildman–Crippen LogP) is 1.07. The monoisotopic (exact) mass is 162 g/mol. The largest absolute Gasteiger partial charge is 1.00 e. The summed E-state index contributed by atoms with van der Waals surface area (Å²) < 4.78 is 0. The summed E-state index contributed by atoms with van der Waals surface area (Å²) in [5.41, 5.74) is 0. The Kier molecular flexibility index (Phi) is 12.2. The number of rotatable bonds is 6. The van der Waals surface area contributed by atoms with Crippen LogP contribution in [0.3, 0.4) is 0 Å². The van der Waals surface area contributed by atoms with Gasteiger partial charge in [-0.1, -0.05) is 53.4 Å². The van der Waals surface area contributed by atoms with E-state index in [0.717, 1.165) is 11.8 Å². The normalized spacial score (nSPS) is 10.5. The van der Waals surface area contributed by atoms with Crippen molar-refractivity contribution in [1.82, 2.24) is 0 Å². The third-order valence-corrected chi connectivity index (χ3v) is 2.64. The van der Waals surface area contributed by atoms with E-state index >= 15 is 0 Å².